The summed E-state index contributed by atoms with van der Waals surface area (Å²) in [6.07, 6.45) is 3.26. The average Bonchev–Trinajstić information content (AvgIpc) is 3.40. The molecule has 1 atom stereocenters. The highest BCUT2D eigenvalue weighted by molar-refractivity contribution is 7.13. The average molecular weight is 451 g/mol. The monoisotopic (exact) mass is 450 g/mol. The zero-order valence-electron chi connectivity index (χ0n) is 16.1. The van der Waals surface area contributed by atoms with E-state index in [2.05, 4.69) is 11.6 Å². The molecule has 0 N–H and O–H groups in total. The molecular weight excluding hydrogens is 436 g/mol. The van der Waals surface area contributed by atoms with Gasteiger partial charge in [0.1, 0.15) is 17.9 Å². The first-order valence-corrected chi connectivity index (χ1v) is 10.7. The van der Waals surface area contributed by atoms with E-state index in [1.54, 1.807) is 48.0 Å². The number of fused-ring (bicyclic) bond motifs is 2. The third-order valence-electron chi connectivity index (χ3n) is 5.00. The molecule has 0 saturated carbocycles. The maximum Gasteiger partial charge on any atom is 0.297 e. The minimum absolute atomic E-state index is 0.0115. The minimum atomic E-state index is -0.708. The van der Waals surface area contributed by atoms with Gasteiger partial charge < -0.3 is 9.15 Å². The van der Waals surface area contributed by atoms with Crippen LogP contribution in [0.3, 0.4) is 0 Å². The Morgan fingerprint density at radius 1 is 1.26 bits per heavy atom. The summed E-state index contributed by atoms with van der Waals surface area (Å²) in [5, 5.41) is 2.99. The fraction of sp³-hybridized carbons (Fsp3) is 0.0870. The van der Waals surface area contributed by atoms with Crippen LogP contribution in [0.25, 0.3) is 11.0 Å². The second-order valence-corrected chi connectivity index (χ2v) is 8.19. The van der Waals surface area contributed by atoms with Crippen LogP contribution in [0.5, 0.6) is 5.75 Å². The number of hydrogen-bond acceptors (Lipinski definition) is 6. The topological polar surface area (TPSA) is 72.6 Å². The summed E-state index contributed by atoms with van der Waals surface area (Å²) in [7, 11) is 0. The van der Waals surface area contributed by atoms with Gasteiger partial charge >= 0.3 is 0 Å². The van der Waals surface area contributed by atoms with Gasteiger partial charge in [-0.15, -0.1) is 11.3 Å². The van der Waals surface area contributed by atoms with Crippen molar-refractivity contribution < 1.29 is 13.9 Å². The van der Waals surface area contributed by atoms with E-state index in [9.17, 15) is 9.59 Å². The zero-order valence-corrected chi connectivity index (χ0v) is 17.7. The van der Waals surface area contributed by atoms with Gasteiger partial charge in [-0.25, -0.2) is 4.98 Å². The number of benzene rings is 2. The molecule has 0 radical (unpaired) electrons. The van der Waals surface area contributed by atoms with Crippen LogP contribution in [0, 0.1) is 0 Å². The molecule has 4 aromatic rings. The highest BCUT2D eigenvalue weighted by Gasteiger charge is 2.44. The van der Waals surface area contributed by atoms with E-state index < -0.39 is 11.9 Å². The maximum absolute atomic E-state index is 13.5. The Bertz CT molecular complexity index is 1380. The van der Waals surface area contributed by atoms with Crippen LogP contribution in [-0.4, -0.2) is 17.5 Å². The number of aromatic nitrogens is 1. The van der Waals surface area contributed by atoms with Crippen molar-refractivity contribution in [1.29, 1.82) is 0 Å². The van der Waals surface area contributed by atoms with Crippen molar-refractivity contribution in [2.45, 2.75) is 6.04 Å². The van der Waals surface area contributed by atoms with E-state index in [0.29, 0.717) is 39.0 Å². The Labute approximate surface area is 186 Å². The van der Waals surface area contributed by atoms with Crippen LogP contribution in [-0.2, 0) is 0 Å². The van der Waals surface area contributed by atoms with Gasteiger partial charge in [0.15, 0.2) is 10.6 Å². The lowest BCUT2D eigenvalue weighted by atomic mass is 9.98. The molecule has 1 aliphatic rings. The lowest BCUT2D eigenvalue weighted by molar-refractivity contribution is 0.0971. The van der Waals surface area contributed by atoms with Crippen molar-refractivity contribution in [2.75, 3.05) is 11.5 Å². The largest absolute Gasteiger partial charge is 0.490 e. The first-order chi connectivity index (χ1) is 15.1. The predicted molar refractivity (Wildman–Crippen MR) is 120 cm³/mol. The molecule has 5 rings (SSSR count). The number of nitrogens with zero attached hydrogens (tertiary/aromatic N) is 2. The van der Waals surface area contributed by atoms with Gasteiger partial charge in [-0.3, -0.25) is 14.5 Å². The van der Waals surface area contributed by atoms with E-state index in [0.717, 1.165) is 0 Å². The molecule has 0 bridgehead atoms. The molecule has 1 amide bonds. The van der Waals surface area contributed by atoms with Gasteiger partial charge in [0.25, 0.3) is 5.91 Å². The van der Waals surface area contributed by atoms with Crippen molar-refractivity contribution >= 4 is 44.9 Å². The molecule has 0 aliphatic carbocycles. The highest BCUT2D eigenvalue weighted by Crippen LogP contribution is 2.42. The summed E-state index contributed by atoms with van der Waals surface area (Å²) in [4.78, 5) is 32.7. The summed E-state index contributed by atoms with van der Waals surface area (Å²) >= 11 is 7.42. The summed E-state index contributed by atoms with van der Waals surface area (Å²) < 4.78 is 11.6. The number of hydrogen-bond donors (Lipinski definition) is 0. The molecule has 6 nitrogen and oxygen atoms in total. The van der Waals surface area contributed by atoms with Gasteiger partial charge in [-0.05, 0) is 35.9 Å². The Balaban J connectivity index is 1.76. The van der Waals surface area contributed by atoms with Crippen LogP contribution in [0.15, 0.2) is 75.9 Å². The maximum atomic E-state index is 13.5. The SMILES string of the molecule is C=CCOc1cccc([C@H]2c3c(oc4ccc(Cl)cc4c3=O)C(=O)N2c2nccs2)c1. The summed E-state index contributed by atoms with van der Waals surface area (Å²) in [6.45, 7) is 4.00. The van der Waals surface area contributed by atoms with E-state index >= 15 is 0 Å². The molecule has 0 fully saturated rings. The number of rotatable bonds is 5. The van der Waals surface area contributed by atoms with E-state index in [1.165, 1.54) is 16.2 Å². The molecule has 0 saturated heterocycles. The molecule has 31 heavy (non-hydrogen) atoms. The van der Waals surface area contributed by atoms with Crippen molar-refractivity contribution in [1.82, 2.24) is 4.98 Å². The molecule has 2 aromatic heterocycles. The standard InChI is InChI=1S/C23H15ClN2O4S/c1-2-9-29-15-5-3-4-13(11-15)19-18-20(27)16-12-14(24)6-7-17(16)30-21(18)22(28)26(19)23-25-8-10-31-23/h2-8,10-12,19H,1,9H2/t19-/m0/s1. The van der Waals surface area contributed by atoms with Gasteiger partial charge in [-0.1, -0.05) is 36.4 Å². The quantitative estimate of drug-likeness (QED) is 0.390. The van der Waals surface area contributed by atoms with Crippen LogP contribution in [0.1, 0.15) is 27.7 Å². The van der Waals surface area contributed by atoms with Gasteiger partial charge in [-0.2, -0.15) is 0 Å². The van der Waals surface area contributed by atoms with Gasteiger partial charge in [0, 0.05) is 16.6 Å². The van der Waals surface area contributed by atoms with Crippen LogP contribution >= 0.6 is 22.9 Å². The van der Waals surface area contributed by atoms with Crippen molar-refractivity contribution in [3.05, 3.63) is 98.8 Å². The van der Waals surface area contributed by atoms with Crippen LogP contribution in [0.4, 0.5) is 5.13 Å². The lowest BCUT2D eigenvalue weighted by Gasteiger charge is -2.23. The van der Waals surface area contributed by atoms with Crippen molar-refractivity contribution in [3.8, 4) is 5.75 Å². The number of amides is 1. The molecule has 1 aliphatic heterocycles. The predicted octanol–water partition coefficient (Wildman–Crippen LogP) is 5.22. The summed E-state index contributed by atoms with van der Waals surface area (Å²) in [5.41, 5.74) is 0.978. The summed E-state index contributed by atoms with van der Waals surface area (Å²) in [5.74, 6) is 0.198. The first-order valence-electron chi connectivity index (χ1n) is 9.41. The Hall–Kier alpha value is -3.42. The lowest BCUT2D eigenvalue weighted by Crippen LogP contribution is -2.29. The molecule has 0 unspecified atom stereocenters. The second-order valence-electron chi connectivity index (χ2n) is 6.88. The van der Waals surface area contributed by atoms with Crippen molar-refractivity contribution in [2.24, 2.45) is 0 Å². The molecular formula is C23H15ClN2O4S. The highest BCUT2D eigenvalue weighted by atomic mass is 35.5. The fourth-order valence-corrected chi connectivity index (χ4v) is 4.56. The number of thiazole rings is 1. The van der Waals surface area contributed by atoms with Gasteiger partial charge in [0.05, 0.1) is 17.0 Å². The Kier molecular flexibility index (Phi) is 4.84. The Morgan fingerprint density at radius 2 is 2.13 bits per heavy atom. The minimum Gasteiger partial charge on any atom is -0.490 e. The number of ether oxygens (including phenoxy) is 1. The van der Waals surface area contributed by atoms with Crippen LogP contribution in [0.2, 0.25) is 5.02 Å². The third-order valence-corrected chi connectivity index (χ3v) is 6.01. The van der Waals surface area contributed by atoms with Crippen LogP contribution < -0.4 is 15.1 Å². The molecule has 8 heteroatoms. The van der Waals surface area contributed by atoms with Gasteiger partial charge in [0.2, 0.25) is 5.76 Å². The first kappa shape index (κ1) is 19.5. The van der Waals surface area contributed by atoms with Crippen molar-refractivity contribution in [3.63, 3.8) is 0 Å². The zero-order chi connectivity index (χ0) is 21.5. The molecule has 0 spiro atoms. The number of carbonyl (C=O) groups is 1. The normalized spacial score (nSPS) is 15.3. The van der Waals surface area contributed by atoms with E-state index in [-0.39, 0.29) is 16.8 Å². The van der Waals surface area contributed by atoms with E-state index in [4.69, 9.17) is 20.8 Å². The third kappa shape index (κ3) is 3.22. The fourth-order valence-electron chi connectivity index (χ4n) is 3.72. The smallest absolute Gasteiger partial charge is 0.297 e. The Morgan fingerprint density at radius 3 is 2.90 bits per heavy atom. The molecule has 3 heterocycles. The second kappa shape index (κ2) is 7.68. The number of halogens is 1. The van der Waals surface area contributed by atoms with E-state index in [1.807, 2.05) is 12.1 Å². The summed E-state index contributed by atoms with van der Waals surface area (Å²) in [6, 6.07) is 11.3. The number of anilines is 1. The molecule has 2 aromatic carbocycles. The number of carbonyl (C=O) groups excluding carboxylic acids is 1. The molecule has 154 valence electrons.